The third-order valence-electron chi connectivity index (χ3n) is 2.14. The van der Waals surface area contributed by atoms with Gasteiger partial charge in [-0.3, -0.25) is 4.90 Å². The van der Waals surface area contributed by atoms with E-state index in [0.717, 1.165) is 11.6 Å². The zero-order chi connectivity index (χ0) is 9.97. The molecule has 0 radical (unpaired) electrons. The lowest BCUT2D eigenvalue weighted by Gasteiger charge is -2.26. The zero-order valence-electron chi connectivity index (χ0n) is 7.99. The Morgan fingerprint density at radius 2 is 2.07 bits per heavy atom. The third kappa shape index (κ3) is 1.85. The van der Waals surface area contributed by atoms with E-state index in [2.05, 4.69) is 5.32 Å². The summed E-state index contributed by atoms with van der Waals surface area (Å²) in [5.41, 5.74) is 2.17. The van der Waals surface area contributed by atoms with Gasteiger partial charge in [0.2, 0.25) is 0 Å². The topological polar surface area (TPSA) is 32.3 Å². The second-order valence-electron chi connectivity index (χ2n) is 3.22. The van der Waals surface area contributed by atoms with Gasteiger partial charge in [-0.05, 0) is 19.1 Å². The first-order valence-corrected chi connectivity index (χ1v) is 5.62. The summed E-state index contributed by atoms with van der Waals surface area (Å²) in [5.74, 6) is 1.44. The average Bonchev–Trinajstić information content (AvgIpc) is 2.20. The normalized spacial score (nSPS) is 16.6. The quantitative estimate of drug-likeness (QED) is 0.767. The van der Waals surface area contributed by atoms with Crippen molar-refractivity contribution in [3.8, 4) is 0 Å². The van der Waals surface area contributed by atoms with Gasteiger partial charge in [-0.1, -0.05) is 17.7 Å². The smallest absolute Gasteiger partial charge is 0.323 e. The van der Waals surface area contributed by atoms with Gasteiger partial charge >= 0.3 is 6.03 Å². The Hall–Kier alpha value is -1.16. The largest absolute Gasteiger partial charge is 0.329 e. The Bertz CT molecular complexity index is 336. The second kappa shape index (κ2) is 3.92. The molecule has 14 heavy (non-hydrogen) atoms. The van der Waals surface area contributed by atoms with E-state index in [1.807, 2.05) is 31.2 Å². The lowest BCUT2D eigenvalue weighted by molar-refractivity contribution is 0.248. The average molecular weight is 208 g/mol. The highest BCUT2D eigenvalue weighted by atomic mass is 32.2. The van der Waals surface area contributed by atoms with Crippen molar-refractivity contribution in [3.63, 3.8) is 0 Å². The molecule has 4 heteroatoms. The Morgan fingerprint density at radius 3 is 2.71 bits per heavy atom. The fourth-order valence-corrected chi connectivity index (χ4v) is 2.09. The maximum Gasteiger partial charge on any atom is 0.323 e. The molecule has 1 N–H and O–H groups in total. The molecule has 0 spiro atoms. The summed E-state index contributed by atoms with van der Waals surface area (Å²) in [6.45, 7) is 2.04. The van der Waals surface area contributed by atoms with E-state index in [1.165, 1.54) is 5.56 Å². The molecule has 0 aliphatic carbocycles. The van der Waals surface area contributed by atoms with Crippen molar-refractivity contribution in [2.24, 2.45) is 0 Å². The number of carbonyl (C=O) groups excluding carboxylic acids is 1. The molecule has 0 unspecified atom stereocenters. The van der Waals surface area contributed by atoms with Crippen LogP contribution in [0.5, 0.6) is 0 Å². The number of amides is 2. The Morgan fingerprint density at radius 1 is 1.36 bits per heavy atom. The highest BCUT2D eigenvalue weighted by Crippen LogP contribution is 2.20. The summed E-state index contributed by atoms with van der Waals surface area (Å²) in [7, 11) is 0. The molecule has 74 valence electrons. The predicted octanol–water partition coefficient (Wildman–Crippen LogP) is 2.17. The molecule has 1 saturated heterocycles. The van der Waals surface area contributed by atoms with Crippen molar-refractivity contribution in [1.82, 2.24) is 5.32 Å². The van der Waals surface area contributed by atoms with Crippen molar-refractivity contribution in [3.05, 3.63) is 29.8 Å². The van der Waals surface area contributed by atoms with Gasteiger partial charge in [0.05, 0.1) is 11.8 Å². The van der Waals surface area contributed by atoms with Crippen LogP contribution in [0, 0.1) is 6.92 Å². The number of hydrogen-bond donors (Lipinski definition) is 1. The molecule has 0 aromatic heterocycles. The minimum atomic E-state index is -0.00685. The van der Waals surface area contributed by atoms with Crippen LogP contribution in [-0.2, 0) is 0 Å². The lowest BCUT2D eigenvalue weighted by Crippen LogP contribution is -2.44. The van der Waals surface area contributed by atoms with Crippen LogP contribution in [0.15, 0.2) is 24.3 Å². The van der Waals surface area contributed by atoms with E-state index in [4.69, 9.17) is 0 Å². The molecule has 0 saturated carbocycles. The molecule has 1 heterocycles. The summed E-state index contributed by atoms with van der Waals surface area (Å²) in [6.07, 6.45) is 0. The summed E-state index contributed by atoms with van der Waals surface area (Å²) in [6, 6.07) is 7.97. The standard InChI is InChI=1S/C10H12N2OS/c1-8-2-4-9(5-3-8)12-7-14-6-11-10(12)13/h2-5H,6-7H2,1H3,(H,11,13). The summed E-state index contributed by atoms with van der Waals surface area (Å²) < 4.78 is 0. The van der Waals surface area contributed by atoms with Crippen LogP contribution in [0.3, 0.4) is 0 Å². The van der Waals surface area contributed by atoms with Gasteiger partial charge in [-0.15, -0.1) is 11.8 Å². The van der Waals surface area contributed by atoms with Crippen LogP contribution in [0.25, 0.3) is 0 Å². The first-order valence-electron chi connectivity index (χ1n) is 4.47. The molecule has 1 fully saturated rings. The maximum absolute atomic E-state index is 11.5. The number of nitrogens with zero attached hydrogens (tertiary/aromatic N) is 1. The van der Waals surface area contributed by atoms with Crippen molar-refractivity contribution >= 4 is 23.5 Å². The van der Waals surface area contributed by atoms with Crippen LogP contribution in [0.1, 0.15) is 5.56 Å². The Labute approximate surface area is 87.5 Å². The third-order valence-corrected chi connectivity index (χ3v) is 2.93. The van der Waals surface area contributed by atoms with Crippen LogP contribution < -0.4 is 10.2 Å². The maximum atomic E-state index is 11.5. The van der Waals surface area contributed by atoms with Crippen molar-refractivity contribution in [1.29, 1.82) is 0 Å². The molecule has 1 aromatic rings. The van der Waals surface area contributed by atoms with Crippen LogP contribution in [0.2, 0.25) is 0 Å². The van der Waals surface area contributed by atoms with Crippen molar-refractivity contribution < 1.29 is 4.79 Å². The fraction of sp³-hybridized carbons (Fsp3) is 0.300. The number of carbonyl (C=O) groups is 1. The molecule has 1 aromatic carbocycles. The highest BCUT2D eigenvalue weighted by molar-refractivity contribution is 7.99. The summed E-state index contributed by atoms with van der Waals surface area (Å²) in [4.78, 5) is 13.2. The van der Waals surface area contributed by atoms with E-state index in [0.29, 0.717) is 5.88 Å². The zero-order valence-corrected chi connectivity index (χ0v) is 8.80. The number of hydrogen-bond acceptors (Lipinski definition) is 2. The molecule has 0 atom stereocenters. The van der Waals surface area contributed by atoms with Gasteiger partial charge in [0, 0.05) is 5.69 Å². The lowest BCUT2D eigenvalue weighted by atomic mass is 10.2. The van der Waals surface area contributed by atoms with Crippen LogP contribution >= 0.6 is 11.8 Å². The monoisotopic (exact) mass is 208 g/mol. The van der Waals surface area contributed by atoms with E-state index in [-0.39, 0.29) is 6.03 Å². The number of nitrogens with one attached hydrogen (secondary N) is 1. The van der Waals surface area contributed by atoms with Gasteiger partial charge < -0.3 is 5.32 Å². The highest BCUT2D eigenvalue weighted by Gasteiger charge is 2.18. The number of rotatable bonds is 1. The van der Waals surface area contributed by atoms with Crippen molar-refractivity contribution in [2.75, 3.05) is 16.7 Å². The molecule has 2 rings (SSSR count). The molecule has 1 aliphatic rings. The Balaban J connectivity index is 2.20. The number of urea groups is 1. The van der Waals surface area contributed by atoms with Gasteiger partial charge in [0.15, 0.2) is 0 Å². The molecular formula is C10H12N2OS. The van der Waals surface area contributed by atoms with E-state index < -0.39 is 0 Å². The van der Waals surface area contributed by atoms with Gasteiger partial charge in [0.25, 0.3) is 0 Å². The Kier molecular flexibility index (Phi) is 2.63. The minimum Gasteiger partial charge on any atom is -0.329 e. The van der Waals surface area contributed by atoms with E-state index >= 15 is 0 Å². The molecule has 0 bridgehead atoms. The van der Waals surface area contributed by atoms with E-state index in [1.54, 1.807) is 16.7 Å². The molecule has 3 nitrogen and oxygen atoms in total. The number of benzene rings is 1. The molecule has 1 aliphatic heterocycles. The fourth-order valence-electron chi connectivity index (χ4n) is 1.32. The van der Waals surface area contributed by atoms with Crippen LogP contribution in [0.4, 0.5) is 10.5 Å². The molecule has 2 amide bonds. The molecular weight excluding hydrogens is 196 g/mol. The number of thioether (sulfide) groups is 1. The summed E-state index contributed by atoms with van der Waals surface area (Å²) >= 11 is 1.70. The SMILES string of the molecule is Cc1ccc(N2CSCNC2=O)cc1. The van der Waals surface area contributed by atoms with E-state index in [9.17, 15) is 4.79 Å². The first kappa shape index (κ1) is 9.40. The van der Waals surface area contributed by atoms with Gasteiger partial charge in [-0.2, -0.15) is 0 Å². The van der Waals surface area contributed by atoms with Gasteiger partial charge in [-0.25, -0.2) is 4.79 Å². The summed E-state index contributed by atoms with van der Waals surface area (Å²) in [5, 5.41) is 2.80. The number of aryl methyl sites for hydroxylation is 1. The number of anilines is 1. The second-order valence-corrected chi connectivity index (χ2v) is 4.18. The predicted molar refractivity (Wildman–Crippen MR) is 59.5 cm³/mol. The van der Waals surface area contributed by atoms with Gasteiger partial charge in [0.1, 0.15) is 0 Å². The minimum absolute atomic E-state index is 0.00685. The van der Waals surface area contributed by atoms with Crippen LogP contribution in [-0.4, -0.2) is 17.8 Å². The first-order chi connectivity index (χ1) is 6.77. The van der Waals surface area contributed by atoms with Crippen molar-refractivity contribution in [2.45, 2.75) is 6.92 Å².